The van der Waals surface area contributed by atoms with Crippen LogP contribution in [0.3, 0.4) is 0 Å². The van der Waals surface area contributed by atoms with E-state index in [1.165, 1.54) is 0 Å². The van der Waals surface area contributed by atoms with Gasteiger partial charge in [-0.2, -0.15) is 0 Å². The van der Waals surface area contributed by atoms with Gasteiger partial charge in [-0.15, -0.1) is 0 Å². The molecule has 0 aliphatic heterocycles. The van der Waals surface area contributed by atoms with Crippen LogP contribution in [-0.2, 0) is 14.3 Å². The van der Waals surface area contributed by atoms with Gasteiger partial charge in [0.15, 0.2) is 18.4 Å². The zero-order chi connectivity index (χ0) is 14.1. The van der Waals surface area contributed by atoms with Gasteiger partial charge in [0.05, 0.1) is 13.2 Å². The van der Waals surface area contributed by atoms with Crippen molar-refractivity contribution in [1.82, 2.24) is 0 Å². The van der Waals surface area contributed by atoms with Crippen molar-refractivity contribution in [3.63, 3.8) is 0 Å². The molecule has 0 rings (SSSR count). The van der Waals surface area contributed by atoms with Crippen LogP contribution in [0.5, 0.6) is 0 Å². The van der Waals surface area contributed by atoms with Crippen LogP contribution >= 0.6 is 0 Å². The zero-order valence-electron chi connectivity index (χ0n) is 9.55. The second-order valence-electron chi connectivity index (χ2n) is 3.44. The Balaban J connectivity index is 3.78. The summed E-state index contributed by atoms with van der Waals surface area (Å²) in [4.78, 5) is 11.1. The average Bonchev–Trinajstić information content (AvgIpc) is 2.39. The fraction of sp³-hybridized carbons (Fsp3) is 0.889. The van der Waals surface area contributed by atoms with Crippen molar-refractivity contribution in [2.45, 2.75) is 24.8 Å². The van der Waals surface area contributed by atoms with Crippen LogP contribution in [-0.4, -0.2) is 87.6 Å². The number of aliphatic hydroxyl groups is 6. The number of rotatable bonds is 10. The van der Waals surface area contributed by atoms with Gasteiger partial charge in [-0.1, -0.05) is 0 Å². The smallest absolute Gasteiger partial charge is 0.184 e. The number of hydrogen-bond donors (Lipinski definition) is 6. The Hall–Kier alpha value is -0.650. The molecule has 0 heterocycles. The summed E-state index contributed by atoms with van der Waals surface area (Å²) in [7, 11) is 0. The average molecular weight is 270 g/mol. The Morgan fingerprint density at radius 3 is 1.44 bits per heavy atom. The van der Waals surface area contributed by atoms with E-state index in [0.717, 1.165) is 0 Å². The largest absolute Gasteiger partial charge is 0.393 e. The Kier molecular flexibility index (Phi) is 8.97. The summed E-state index contributed by atoms with van der Waals surface area (Å²) in [5.74, 6) is -0.677. The van der Waals surface area contributed by atoms with Gasteiger partial charge in [0.1, 0.15) is 25.4 Å². The van der Waals surface area contributed by atoms with Gasteiger partial charge in [-0.3, -0.25) is 4.79 Å². The van der Waals surface area contributed by atoms with E-state index >= 15 is 0 Å². The monoisotopic (exact) mass is 270 g/mol. The molecule has 9 nitrogen and oxygen atoms in total. The van der Waals surface area contributed by atoms with Gasteiger partial charge < -0.3 is 40.1 Å². The highest BCUT2D eigenvalue weighted by Gasteiger charge is 2.19. The maximum atomic E-state index is 11.1. The first-order valence-electron chi connectivity index (χ1n) is 5.11. The molecule has 0 bridgehead atoms. The fourth-order valence-electron chi connectivity index (χ4n) is 0.801. The van der Waals surface area contributed by atoms with Crippen LogP contribution in [0, 0.1) is 0 Å². The molecule has 0 radical (unpaired) electrons. The Labute approximate surface area is 103 Å². The summed E-state index contributed by atoms with van der Waals surface area (Å²) in [6.07, 6.45) is -6.49. The maximum Gasteiger partial charge on any atom is 0.184 e. The lowest BCUT2D eigenvalue weighted by molar-refractivity contribution is -0.189. The van der Waals surface area contributed by atoms with Crippen molar-refractivity contribution in [1.29, 1.82) is 0 Å². The lowest BCUT2D eigenvalue weighted by Gasteiger charge is -2.17. The summed E-state index contributed by atoms with van der Waals surface area (Å²) in [6.45, 7) is -2.68. The topological polar surface area (TPSA) is 157 Å². The third-order valence-corrected chi connectivity index (χ3v) is 1.86. The van der Waals surface area contributed by atoms with E-state index in [9.17, 15) is 4.79 Å². The summed E-state index contributed by atoms with van der Waals surface area (Å²) >= 11 is 0. The van der Waals surface area contributed by atoms with Crippen LogP contribution in [0.15, 0.2) is 0 Å². The maximum absolute atomic E-state index is 11.1. The highest BCUT2D eigenvalue weighted by molar-refractivity contribution is 5.80. The number of hydrogen-bond acceptors (Lipinski definition) is 9. The lowest BCUT2D eigenvalue weighted by Crippen LogP contribution is -2.36. The molecule has 0 aliphatic carbocycles. The molecule has 0 fully saturated rings. The summed E-state index contributed by atoms with van der Waals surface area (Å²) in [5.41, 5.74) is 0. The Morgan fingerprint density at radius 1 is 0.833 bits per heavy atom. The van der Waals surface area contributed by atoms with Crippen molar-refractivity contribution in [3.05, 3.63) is 0 Å². The molecule has 0 aliphatic rings. The molecule has 0 saturated heterocycles. The van der Waals surface area contributed by atoms with Gasteiger partial charge in [0.2, 0.25) is 0 Å². The third kappa shape index (κ3) is 6.93. The van der Waals surface area contributed by atoms with Gasteiger partial charge in [0, 0.05) is 0 Å². The molecule has 4 atom stereocenters. The normalized spacial score (nSPS) is 18.1. The number of carbonyl (C=O) groups is 1. The van der Waals surface area contributed by atoms with Gasteiger partial charge in [0.25, 0.3) is 0 Å². The van der Waals surface area contributed by atoms with E-state index in [1.807, 2.05) is 0 Å². The number of ketones is 1. The first-order valence-corrected chi connectivity index (χ1v) is 5.11. The zero-order valence-corrected chi connectivity index (χ0v) is 9.55. The molecule has 6 N–H and O–H groups in total. The minimum absolute atomic E-state index is 0.611. The molecule has 0 aromatic rings. The summed E-state index contributed by atoms with van der Waals surface area (Å²) < 4.78 is 9.00. The molecule has 0 saturated carbocycles. The van der Waals surface area contributed by atoms with E-state index in [-0.39, 0.29) is 0 Å². The van der Waals surface area contributed by atoms with Gasteiger partial charge in [-0.05, 0) is 0 Å². The first kappa shape index (κ1) is 17.4. The second kappa shape index (κ2) is 9.30. The number of ether oxygens (including phenoxy) is 2. The minimum Gasteiger partial charge on any atom is -0.393 e. The molecule has 18 heavy (non-hydrogen) atoms. The molecular weight excluding hydrogens is 252 g/mol. The lowest BCUT2D eigenvalue weighted by atomic mass is 10.3. The molecule has 108 valence electrons. The number of aliphatic hydroxyl groups excluding tert-OH is 6. The third-order valence-electron chi connectivity index (χ3n) is 1.86. The van der Waals surface area contributed by atoms with Crippen molar-refractivity contribution < 1.29 is 44.9 Å². The predicted molar refractivity (Wildman–Crippen MR) is 55.1 cm³/mol. The van der Waals surface area contributed by atoms with Crippen molar-refractivity contribution in [3.8, 4) is 0 Å². The minimum atomic E-state index is -1.72. The van der Waals surface area contributed by atoms with Gasteiger partial charge in [-0.25, -0.2) is 0 Å². The number of carbonyl (C=O) groups excluding carboxylic acids is 1. The van der Waals surface area contributed by atoms with Gasteiger partial charge >= 0.3 is 0 Å². The highest BCUT2D eigenvalue weighted by Crippen LogP contribution is 1.98. The van der Waals surface area contributed by atoms with E-state index in [2.05, 4.69) is 9.47 Å². The van der Waals surface area contributed by atoms with Crippen LogP contribution in [0.1, 0.15) is 0 Å². The van der Waals surface area contributed by atoms with Crippen LogP contribution < -0.4 is 0 Å². The fourth-order valence-corrected chi connectivity index (χ4v) is 0.801. The second-order valence-corrected chi connectivity index (χ2v) is 3.44. The summed E-state index contributed by atoms with van der Waals surface area (Å²) in [6, 6.07) is 0. The Morgan fingerprint density at radius 2 is 1.17 bits per heavy atom. The molecule has 4 unspecified atom stereocenters. The van der Waals surface area contributed by atoms with E-state index < -0.39 is 57.0 Å². The number of Topliss-reactive ketones (excluding diaryl/α,β-unsaturated/α-hetero) is 1. The molecule has 0 aromatic carbocycles. The first-order chi connectivity index (χ1) is 8.42. The van der Waals surface area contributed by atoms with Crippen LogP contribution in [0.2, 0.25) is 0 Å². The highest BCUT2D eigenvalue weighted by atomic mass is 16.6. The van der Waals surface area contributed by atoms with Crippen molar-refractivity contribution >= 4 is 5.78 Å². The predicted octanol–water partition coefficient (Wildman–Crippen LogP) is -4.07. The van der Waals surface area contributed by atoms with E-state index in [4.69, 9.17) is 30.6 Å². The molecule has 0 aromatic heterocycles. The standard InChI is InChI=1S/C9H18O9/c10-1-6(13)8(15)17-3-5(12)4-18-9(16)7(14)2-11/h6-11,13-16H,1-4H2. The SMILES string of the molecule is O=C(COC(O)C(O)CO)COC(O)C(O)CO. The quantitative estimate of drug-likeness (QED) is 0.217. The van der Waals surface area contributed by atoms with E-state index in [0.29, 0.717) is 0 Å². The molecule has 9 heteroatoms. The molecule has 0 spiro atoms. The van der Waals surface area contributed by atoms with Crippen molar-refractivity contribution in [2.24, 2.45) is 0 Å². The Bertz CT molecular complexity index is 212. The van der Waals surface area contributed by atoms with Crippen LogP contribution in [0.25, 0.3) is 0 Å². The van der Waals surface area contributed by atoms with Crippen LogP contribution in [0.4, 0.5) is 0 Å². The molecule has 0 amide bonds. The van der Waals surface area contributed by atoms with Crippen molar-refractivity contribution in [2.75, 3.05) is 26.4 Å². The van der Waals surface area contributed by atoms with E-state index in [1.54, 1.807) is 0 Å². The molecular formula is C9H18O9. The summed E-state index contributed by atoms with van der Waals surface area (Å²) in [5, 5.41) is 52.7.